The molecule has 16 heavy (non-hydrogen) atoms. The van der Waals surface area contributed by atoms with Crippen LogP contribution in [0.1, 0.15) is 18.5 Å². The molecule has 1 aliphatic rings. The summed E-state index contributed by atoms with van der Waals surface area (Å²) >= 11 is 1.99. The molecular formula is C11H20N4S. The Balaban J connectivity index is 2.07. The Labute approximate surface area is 101 Å². The number of hydrogen-bond acceptors (Lipinski definition) is 4. The Morgan fingerprint density at radius 2 is 2.50 bits per heavy atom. The molecule has 0 aromatic carbocycles. The molecule has 0 spiro atoms. The number of likely N-dealkylation sites (N-methyl/N-ethyl adjacent to an activating group) is 1. The minimum absolute atomic E-state index is 0.0816. The van der Waals surface area contributed by atoms with Gasteiger partial charge in [-0.15, -0.1) is 0 Å². The third-order valence-electron chi connectivity index (χ3n) is 3.22. The predicted molar refractivity (Wildman–Crippen MR) is 68.6 cm³/mol. The Bertz CT molecular complexity index is 338. The fourth-order valence-electron chi connectivity index (χ4n) is 2.03. The summed E-state index contributed by atoms with van der Waals surface area (Å²) in [6.45, 7) is 4.12. The molecule has 1 aromatic rings. The highest BCUT2D eigenvalue weighted by Gasteiger charge is 2.27. The monoisotopic (exact) mass is 240 g/mol. The van der Waals surface area contributed by atoms with Crippen molar-refractivity contribution in [1.29, 1.82) is 0 Å². The van der Waals surface area contributed by atoms with Crippen LogP contribution in [0, 0.1) is 0 Å². The number of aryl methyl sites for hydroxylation is 1. The minimum atomic E-state index is 0.0816. The summed E-state index contributed by atoms with van der Waals surface area (Å²) in [4.78, 5) is 2.37. The van der Waals surface area contributed by atoms with Crippen LogP contribution in [0.2, 0.25) is 0 Å². The van der Waals surface area contributed by atoms with Gasteiger partial charge in [0, 0.05) is 48.4 Å². The number of aromatic nitrogens is 2. The second kappa shape index (κ2) is 5.21. The molecule has 1 aliphatic heterocycles. The van der Waals surface area contributed by atoms with E-state index in [0.29, 0.717) is 6.04 Å². The molecule has 90 valence electrons. The Hall–Kier alpha value is -0.520. The molecule has 1 aromatic heterocycles. The topological polar surface area (TPSA) is 47.1 Å². The first-order valence-electron chi connectivity index (χ1n) is 5.78. The van der Waals surface area contributed by atoms with E-state index in [4.69, 9.17) is 5.73 Å². The molecule has 2 rings (SSSR count). The first-order valence-corrected chi connectivity index (χ1v) is 6.93. The molecule has 2 heterocycles. The van der Waals surface area contributed by atoms with Gasteiger partial charge in [0.25, 0.3) is 0 Å². The average molecular weight is 240 g/mol. The summed E-state index contributed by atoms with van der Waals surface area (Å²) in [5, 5.41) is 4.29. The molecular weight excluding hydrogens is 220 g/mol. The number of nitrogens with zero attached hydrogens (tertiary/aromatic N) is 3. The number of hydrogen-bond donors (Lipinski definition) is 1. The molecule has 2 unspecified atom stereocenters. The predicted octanol–water partition coefficient (Wildman–Crippen LogP) is 0.950. The quantitative estimate of drug-likeness (QED) is 0.854. The standard InChI is InChI=1S/C11H20N4S/c1-3-15-7-9(6-13-15)11(12)10-8-16-5-4-14(10)2/h6-7,10-11H,3-5,8,12H2,1-2H3. The summed E-state index contributed by atoms with van der Waals surface area (Å²) in [5.74, 6) is 2.34. The summed E-state index contributed by atoms with van der Waals surface area (Å²) in [6.07, 6.45) is 3.97. The van der Waals surface area contributed by atoms with Crippen LogP contribution in [-0.4, -0.2) is 45.8 Å². The van der Waals surface area contributed by atoms with Gasteiger partial charge in [-0.3, -0.25) is 9.58 Å². The average Bonchev–Trinajstić information content (AvgIpc) is 2.77. The molecule has 1 saturated heterocycles. The zero-order chi connectivity index (χ0) is 11.5. The Morgan fingerprint density at radius 1 is 1.69 bits per heavy atom. The molecule has 2 atom stereocenters. The summed E-state index contributed by atoms with van der Waals surface area (Å²) < 4.78 is 1.94. The van der Waals surface area contributed by atoms with Gasteiger partial charge in [-0.2, -0.15) is 16.9 Å². The lowest BCUT2D eigenvalue weighted by molar-refractivity contribution is 0.237. The summed E-state index contributed by atoms with van der Waals surface area (Å²) in [5.41, 5.74) is 7.47. The van der Waals surface area contributed by atoms with E-state index < -0.39 is 0 Å². The molecule has 0 bridgehead atoms. The fourth-order valence-corrected chi connectivity index (χ4v) is 3.32. The third-order valence-corrected chi connectivity index (χ3v) is 4.27. The van der Waals surface area contributed by atoms with E-state index in [2.05, 4.69) is 30.2 Å². The molecule has 2 N–H and O–H groups in total. The van der Waals surface area contributed by atoms with Crippen LogP contribution in [0.4, 0.5) is 0 Å². The van der Waals surface area contributed by atoms with Crippen molar-refractivity contribution in [3.05, 3.63) is 18.0 Å². The lowest BCUT2D eigenvalue weighted by Crippen LogP contribution is -2.46. The number of thioether (sulfide) groups is 1. The van der Waals surface area contributed by atoms with Gasteiger partial charge >= 0.3 is 0 Å². The van der Waals surface area contributed by atoms with E-state index in [1.54, 1.807) is 0 Å². The molecule has 0 saturated carbocycles. The molecule has 0 aliphatic carbocycles. The Kier molecular flexibility index (Phi) is 3.89. The van der Waals surface area contributed by atoms with Crippen molar-refractivity contribution >= 4 is 11.8 Å². The van der Waals surface area contributed by atoms with Gasteiger partial charge in [-0.1, -0.05) is 0 Å². The van der Waals surface area contributed by atoms with Crippen molar-refractivity contribution < 1.29 is 0 Å². The largest absolute Gasteiger partial charge is 0.323 e. The van der Waals surface area contributed by atoms with E-state index in [1.807, 2.05) is 22.6 Å². The highest BCUT2D eigenvalue weighted by atomic mass is 32.2. The summed E-state index contributed by atoms with van der Waals surface area (Å²) in [6, 6.07) is 0.520. The van der Waals surface area contributed by atoms with Gasteiger partial charge in [0.1, 0.15) is 0 Å². The van der Waals surface area contributed by atoms with Crippen LogP contribution in [0.15, 0.2) is 12.4 Å². The smallest absolute Gasteiger partial charge is 0.0538 e. The van der Waals surface area contributed by atoms with Crippen LogP contribution >= 0.6 is 11.8 Å². The van der Waals surface area contributed by atoms with E-state index >= 15 is 0 Å². The van der Waals surface area contributed by atoms with E-state index in [0.717, 1.165) is 24.4 Å². The number of nitrogens with two attached hydrogens (primary N) is 1. The van der Waals surface area contributed by atoms with Gasteiger partial charge in [0.15, 0.2) is 0 Å². The van der Waals surface area contributed by atoms with Crippen molar-refractivity contribution in [3.8, 4) is 0 Å². The highest BCUT2D eigenvalue weighted by molar-refractivity contribution is 7.99. The van der Waals surface area contributed by atoms with Gasteiger partial charge in [0.05, 0.1) is 6.20 Å². The van der Waals surface area contributed by atoms with E-state index in [-0.39, 0.29) is 6.04 Å². The second-order valence-electron chi connectivity index (χ2n) is 4.28. The maximum atomic E-state index is 6.32. The van der Waals surface area contributed by atoms with Crippen molar-refractivity contribution in [1.82, 2.24) is 14.7 Å². The molecule has 0 radical (unpaired) electrons. The van der Waals surface area contributed by atoms with Crippen LogP contribution in [-0.2, 0) is 6.54 Å². The van der Waals surface area contributed by atoms with Crippen LogP contribution < -0.4 is 5.73 Å². The maximum Gasteiger partial charge on any atom is 0.0538 e. The van der Waals surface area contributed by atoms with Crippen molar-refractivity contribution in [3.63, 3.8) is 0 Å². The zero-order valence-corrected chi connectivity index (χ0v) is 10.8. The van der Waals surface area contributed by atoms with E-state index in [1.165, 1.54) is 5.75 Å². The third kappa shape index (κ3) is 2.42. The van der Waals surface area contributed by atoms with Crippen molar-refractivity contribution in [2.75, 3.05) is 25.1 Å². The second-order valence-corrected chi connectivity index (χ2v) is 5.43. The molecule has 5 heteroatoms. The van der Waals surface area contributed by atoms with Crippen LogP contribution in [0.25, 0.3) is 0 Å². The molecule has 4 nitrogen and oxygen atoms in total. The zero-order valence-electron chi connectivity index (χ0n) is 9.97. The van der Waals surface area contributed by atoms with Crippen LogP contribution in [0.3, 0.4) is 0 Å². The highest BCUT2D eigenvalue weighted by Crippen LogP contribution is 2.24. The minimum Gasteiger partial charge on any atom is -0.323 e. The first kappa shape index (κ1) is 12.0. The first-order chi connectivity index (χ1) is 7.72. The van der Waals surface area contributed by atoms with Gasteiger partial charge in [0.2, 0.25) is 0 Å². The Morgan fingerprint density at radius 3 is 3.12 bits per heavy atom. The SMILES string of the molecule is CCn1cc(C(N)C2CSCCN2C)cn1. The fraction of sp³-hybridized carbons (Fsp3) is 0.727. The van der Waals surface area contributed by atoms with E-state index in [9.17, 15) is 0 Å². The number of rotatable bonds is 3. The van der Waals surface area contributed by atoms with Gasteiger partial charge in [-0.25, -0.2) is 0 Å². The van der Waals surface area contributed by atoms with Crippen molar-refractivity contribution in [2.24, 2.45) is 5.73 Å². The lowest BCUT2D eigenvalue weighted by atomic mass is 10.0. The normalized spacial score (nSPS) is 24.6. The summed E-state index contributed by atoms with van der Waals surface area (Å²) in [7, 11) is 2.16. The molecule has 1 fully saturated rings. The maximum absolute atomic E-state index is 6.32. The van der Waals surface area contributed by atoms with Crippen LogP contribution in [0.5, 0.6) is 0 Å². The molecule has 0 amide bonds. The lowest BCUT2D eigenvalue weighted by Gasteiger charge is -2.35. The van der Waals surface area contributed by atoms with Crippen molar-refractivity contribution in [2.45, 2.75) is 25.6 Å². The van der Waals surface area contributed by atoms with Gasteiger partial charge < -0.3 is 5.73 Å². The van der Waals surface area contributed by atoms with Gasteiger partial charge in [-0.05, 0) is 14.0 Å².